The highest BCUT2D eigenvalue weighted by atomic mass is 16.5. The van der Waals surface area contributed by atoms with Gasteiger partial charge in [0.25, 0.3) is 0 Å². The minimum atomic E-state index is 0.630. The van der Waals surface area contributed by atoms with Crippen molar-refractivity contribution in [3.05, 3.63) is 72.8 Å². The molecule has 2 heteroatoms. The number of hydrogen-bond donors (Lipinski definition) is 0. The molecule has 0 bridgehead atoms. The van der Waals surface area contributed by atoms with Crippen molar-refractivity contribution in [2.24, 2.45) is 0 Å². The van der Waals surface area contributed by atoms with Gasteiger partial charge in [0.05, 0.1) is 12.8 Å². The van der Waals surface area contributed by atoms with E-state index in [1.807, 2.05) is 42.5 Å². The van der Waals surface area contributed by atoms with E-state index in [1.54, 1.807) is 7.11 Å². The second-order valence-electron chi connectivity index (χ2n) is 4.52. The molecule has 3 aromatic rings. The van der Waals surface area contributed by atoms with Crippen molar-refractivity contribution >= 4 is 0 Å². The standard InChI is InChI=1S/C18H15NO/c1-20-18-13-16(14-8-4-2-5-9-14)12-17(19-18)15-10-6-3-7-11-15/h2-13H,1H3. The van der Waals surface area contributed by atoms with Crippen LogP contribution in [0.3, 0.4) is 0 Å². The van der Waals surface area contributed by atoms with E-state index in [2.05, 4.69) is 35.3 Å². The first-order valence-electron chi connectivity index (χ1n) is 6.54. The van der Waals surface area contributed by atoms with Crippen LogP contribution >= 0.6 is 0 Å². The van der Waals surface area contributed by atoms with Gasteiger partial charge in [-0.2, -0.15) is 0 Å². The summed E-state index contributed by atoms with van der Waals surface area (Å²) in [5, 5.41) is 0. The number of methoxy groups -OCH3 is 1. The number of hydrogen-bond acceptors (Lipinski definition) is 2. The molecular weight excluding hydrogens is 246 g/mol. The number of benzene rings is 2. The molecule has 0 saturated heterocycles. The van der Waals surface area contributed by atoms with Crippen LogP contribution < -0.4 is 4.74 Å². The fourth-order valence-electron chi connectivity index (χ4n) is 2.16. The first-order chi connectivity index (χ1) is 9.86. The van der Waals surface area contributed by atoms with Crippen LogP contribution in [0, 0.1) is 0 Å². The average molecular weight is 261 g/mol. The summed E-state index contributed by atoms with van der Waals surface area (Å²) in [5.41, 5.74) is 4.27. The minimum Gasteiger partial charge on any atom is -0.481 e. The smallest absolute Gasteiger partial charge is 0.214 e. The van der Waals surface area contributed by atoms with E-state index in [-0.39, 0.29) is 0 Å². The van der Waals surface area contributed by atoms with Crippen molar-refractivity contribution in [1.29, 1.82) is 0 Å². The summed E-state index contributed by atoms with van der Waals surface area (Å²) < 4.78 is 5.33. The van der Waals surface area contributed by atoms with Gasteiger partial charge >= 0.3 is 0 Å². The lowest BCUT2D eigenvalue weighted by Crippen LogP contribution is -1.92. The van der Waals surface area contributed by atoms with E-state index in [0.29, 0.717) is 5.88 Å². The van der Waals surface area contributed by atoms with Gasteiger partial charge in [-0.3, -0.25) is 0 Å². The molecule has 0 aliphatic heterocycles. The molecule has 2 aromatic carbocycles. The lowest BCUT2D eigenvalue weighted by molar-refractivity contribution is 0.398. The van der Waals surface area contributed by atoms with Crippen molar-refractivity contribution in [3.8, 4) is 28.3 Å². The van der Waals surface area contributed by atoms with Crippen LogP contribution in [0.25, 0.3) is 22.4 Å². The first kappa shape index (κ1) is 12.4. The van der Waals surface area contributed by atoms with Crippen LogP contribution in [0.5, 0.6) is 5.88 Å². The van der Waals surface area contributed by atoms with Crippen molar-refractivity contribution in [2.75, 3.05) is 7.11 Å². The van der Waals surface area contributed by atoms with Gasteiger partial charge in [0.2, 0.25) is 5.88 Å². The van der Waals surface area contributed by atoms with Gasteiger partial charge in [0.15, 0.2) is 0 Å². The van der Waals surface area contributed by atoms with Gasteiger partial charge in [0.1, 0.15) is 0 Å². The molecule has 0 N–H and O–H groups in total. The lowest BCUT2D eigenvalue weighted by Gasteiger charge is -2.08. The first-order valence-corrected chi connectivity index (χ1v) is 6.54. The molecule has 0 saturated carbocycles. The normalized spacial score (nSPS) is 10.2. The van der Waals surface area contributed by atoms with Crippen molar-refractivity contribution in [1.82, 2.24) is 4.98 Å². The van der Waals surface area contributed by atoms with Gasteiger partial charge in [-0.1, -0.05) is 60.7 Å². The molecule has 2 nitrogen and oxygen atoms in total. The summed E-state index contributed by atoms with van der Waals surface area (Å²) >= 11 is 0. The van der Waals surface area contributed by atoms with Crippen LogP contribution in [0.1, 0.15) is 0 Å². The molecule has 0 fully saturated rings. The van der Waals surface area contributed by atoms with E-state index in [9.17, 15) is 0 Å². The molecule has 0 radical (unpaired) electrons. The fourth-order valence-corrected chi connectivity index (χ4v) is 2.16. The highest BCUT2D eigenvalue weighted by Crippen LogP contribution is 2.28. The summed E-state index contributed by atoms with van der Waals surface area (Å²) in [7, 11) is 1.64. The van der Waals surface area contributed by atoms with Crippen molar-refractivity contribution in [3.63, 3.8) is 0 Å². The predicted molar refractivity (Wildman–Crippen MR) is 81.7 cm³/mol. The third-order valence-corrected chi connectivity index (χ3v) is 3.19. The third kappa shape index (κ3) is 2.54. The SMILES string of the molecule is COc1cc(-c2ccccc2)cc(-c2ccccc2)n1. The lowest BCUT2D eigenvalue weighted by atomic mass is 10.0. The largest absolute Gasteiger partial charge is 0.481 e. The Kier molecular flexibility index (Phi) is 3.46. The second kappa shape index (κ2) is 5.57. The second-order valence-corrected chi connectivity index (χ2v) is 4.52. The van der Waals surface area contributed by atoms with E-state index in [0.717, 1.165) is 22.4 Å². The maximum absolute atomic E-state index is 5.33. The van der Waals surface area contributed by atoms with E-state index < -0.39 is 0 Å². The van der Waals surface area contributed by atoms with Gasteiger partial charge in [-0.25, -0.2) is 4.98 Å². The molecule has 0 unspecified atom stereocenters. The predicted octanol–water partition coefficient (Wildman–Crippen LogP) is 4.42. The Morgan fingerprint density at radius 1 is 0.700 bits per heavy atom. The minimum absolute atomic E-state index is 0.630. The molecule has 20 heavy (non-hydrogen) atoms. The van der Waals surface area contributed by atoms with E-state index >= 15 is 0 Å². The van der Waals surface area contributed by atoms with Crippen LogP contribution in [0.15, 0.2) is 72.8 Å². The Labute approximate surface area is 118 Å². The van der Waals surface area contributed by atoms with Crippen LogP contribution in [0.2, 0.25) is 0 Å². The number of ether oxygens (including phenoxy) is 1. The molecular formula is C18H15NO. The van der Waals surface area contributed by atoms with Crippen molar-refractivity contribution in [2.45, 2.75) is 0 Å². The molecule has 1 aromatic heterocycles. The monoisotopic (exact) mass is 261 g/mol. The highest BCUT2D eigenvalue weighted by molar-refractivity contribution is 5.71. The average Bonchev–Trinajstić information content (AvgIpc) is 2.56. The number of aromatic nitrogens is 1. The maximum atomic E-state index is 5.33. The zero-order chi connectivity index (χ0) is 13.8. The third-order valence-electron chi connectivity index (χ3n) is 3.19. The van der Waals surface area contributed by atoms with Crippen LogP contribution in [0.4, 0.5) is 0 Å². The van der Waals surface area contributed by atoms with E-state index in [4.69, 9.17) is 4.74 Å². The highest BCUT2D eigenvalue weighted by Gasteiger charge is 2.06. The van der Waals surface area contributed by atoms with Gasteiger partial charge in [-0.05, 0) is 17.2 Å². The zero-order valence-electron chi connectivity index (χ0n) is 11.3. The van der Waals surface area contributed by atoms with Crippen molar-refractivity contribution < 1.29 is 4.74 Å². The van der Waals surface area contributed by atoms with Gasteiger partial charge in [0, 0.05) is 11.6 Å². The summed E-state index contributed by atoms with van der Waals surface area (Å²) in [6, 6.07) is 24.4. The molecule has 0 amide bonds. The van der Waals surface area contributed by atoms with Gasteiger partial charge in [-0.15, -0.1) is 0 Å². The summed E-state index contributed by atoms with van der Waals surface area (Å²) in [6.45, 7) is 0. The quantitative estimate of drug-likeness (QED) is 0.696. The number of rotatable bonds is 3. The summed E-state index contributed by atoms with van der Waals surface area (Å²) in [5.74, 6) is 0.630. The Hall–Kier alpha value is -2.61. The topological polar surface area (TPSA) is 22.1 Å². The van der Waals surface area contributed by atoms with Gasteiger partial charge < -0.3 is 4.74 Å². The molecule has 98 valence electrons. The molecule has 0 aliphatic carbocycles. The van der Waals surface area contributed by atoms with E-state index in [1.165, 1.54) is 0 Å². The summed E-state index contributed by atoms with van der Waals surface area (Å²) in [4.78, 5) is 4.53. The Bertz CT molecular complexity index is 635. The fraction of sp³-hybridized carbons (Fsp3) is 0.0556. The Balaban J connectivity index is 2.13. The van der Waals surface area contributed by atoms with Crippen LogP contribution in [-0.4, -0.2) is 12.1 Å². The molecule has 0 spiro atoms. The molecule has 0 atom stereocenters. The number of pyridine rings is 1. The van der Waals surface area contributed by atoms with Crippen LogP contribution in [-0.2, 0) is 0 Å². The molecule has 1 heterocycles. The zero-order valence-corrected chi connectivity index (χ0v) is 11.3. The maximum Gasteiger partial charge on any atom is 0.214 e. The molecule has 3 rings (SSSR count). The summed E-state index contributed by atoms with van der Waals surface area (Å²) in [6.07, 6.45) is 0. The molecule has 0 aliphatic rings. The Morgan fingerprint density at radius 3 is 1.90 bits per heavy atom. The Morgan fingerprint density at radius 2 is 1.30 bits per heavy atom. The number of nitrogens with zero attached hydrogens (tertiary/aromatic N) is 1.